The Morgan fingerprint density at radius 2 is 1.63 bits per heavy atom. The summed E-state index contributed by atoms with van der Waals surface area (Å²) in [5.74, 6) is -2.09. The smallest absolute Gasteiger partial charge is 0.408 e. The number of rotatable bonds is 7. The zero-order valence-corrected chi connectivity index (χ0v) is 21.0. The van der Waals surface area contributed by atoms with Gasteiger partial charge in [-0.2, -0.15) is 0 Å². The molecule has 2 aromatic rings. The maximum Gasteiger partial charge on any atom is 0.408 e. The molecule has 1 aliphatic heterocycles. The second-order valence-corrected chi connectivity index (χ2v) is 9.64. The largest absolute Gasteiger partial charge is 0.444 e. The molecule has 0 fully saturated rings. The molecular weight excluding hydrogens is 520 g/mol. The van der Waals surface area contributed by atoms with E-state index in [1.54, 1.807) is 57.2 Å². The van der Waals surface area contributed by atoms with Crippen molar-refractivity contribution < 1.29 is 28.7 Å². The van der Waals surface area contributed by atoms with Crippen molar-refractivity contribution in [3.8, 4) is 0 Å². The summed E-state index contributed by atoms with van der Waals surface area (Å²) < 4.78 is 5.73. The van der Waals surface area contributed by atoms with Crippen molar-refractivity contribution in [3.05, 3.63) is 63.6 Å². The van der Waals surface area contributed by atoms with E-state index in [9.17, 15) is 24.0 Å². The first-order valence-corrected chi connectivity index (χ1v) is 11.5. The van der Waals surface area contributed by atoms with E-state index in [1.807, 2.05) is 0 Å². The Kier molecular flexibility index (Phi) is 7.90. The second-order valence-electron chi connectivity index (χ2n) is 8.72. The summed E-state index contributed by atoms with van der Waals surface area (Å²) in [5.41, 5.74) is 0.811. The first kappa shape index (κ1) is 25.9. The van der Waals surface area contributed by atoms with Crippen LogP contribution in [-0.4, -0.2) is 53.3 Å². The van der Waals surface area contributed by atoms with Gasteiger partial charge in [0.1, 0.15) is 18.7 Å². The fourth-order valence-corrected chi connectivity index (χ4v) is 3.62. The normalized spacial score (nSPS) is 12.7. The lowest BCUT2D eigenvalue weighted by Gasteiger charge is -2.19. The molecule has 0 bridgehead atoms. The number of nitrogens with zero attached hydrogens (tertiary/aromatic N) is 1. The lowest BCUT2D eigenvalue weighted by Crippen LogP contribution is -2.39. The molecule has 10 nitrogen and oxygen atoms in total. The third-order valence-electron chi connectivity index (χ3n) is 4.79. The monoisotopic (exact) mass is 544 g/mol. The molecule has 3 rings (SSSR count). The van der Waals surface area contributed by atoms with Crippen LogP contribution in [0.25, 0.3) is 0 Å². The van der Waals surface area contributed by atoms with E-state index in [2.05, 4.69) is 31.9 Å². The molecular formula is C24H25BrN4O6. The SMILES string of the molecule is CC(C)(C)OC(=O)NCC(=O)NCc1ccccc1NC(=O)CN1C(=O)c2ccc(Br)cc2C1=O. The Bertz CT molecular complexity index is 1190. The molecule has 0 spiro atoms. The summed E-state index contributed by atoms with van der Waals surface area (Å²) in [7, 11) is 0. The number of para-hydroxylation sites is 1. The number of nitrogens with one attached hydrogen (secondary N) is 3. The fraction of sp³-hybridized carbons (Fsp3) is 0.292. The molecule has 0 unspecified atom stereocenters. The van der Waals surface area contributed by atoms with Crippen molar-refractivity contribution in [1.82, 2.24) is 15.5 Å². The van der Waals surface area contributed by atoms with Crippen molar-refractivity contribution in [2.75, 3.05) is 18.4 Å². The van der Waals surface area contributed by atoms with Crippen LogP contribution in [0.2, 0.25) is 0 Å². The van der Waals surface area contributed by atoms with E-state index in [4.69, 9.17) is 4.74 Å². The van der Waals surface area contributed by atoms with E-state index >= 15 is 0 Å². The molecule has 184 valence electrons. The molecule has 1 heterocycles. The van der Waals surface area contributed by atoms with Crippen molar-refractivity contribution in [1.29, 1.82) is 0 Å². The highest BCUT2D eigenvalue weighted by atomic mass is 79.9. The number of alkyl carbamates (subject to hydrolysis) is 1. The molecule has 5 amide bonds. The average Bonchev–Trinajstić information content (AvgIpc) is 3.00. The Labute approximate surface area is 210 Å². The molecule has 0 saturated heterocycles. The highest BCUT2D eigenvalue weighted by molar-refractivity contribution is 9.10. The van der Waals surface area contributed by atoms with E-state index in [0.29, 0.717) is 15.7 Å². The van der Waals surface area contributed by atoms with Gasteiger partial charge >= 0.3 is 6.09 Å². The number of ether oxygens (including phenoxy) is 1. The number of anilines is 1. The van der Waals surface area contributed by atoms with Gasteiger partial charge in [-0.25, -0.2) is 4.79 Å². The van der Waals surface area contributed by atoms with Crippen LogP contribution in [0.5, 0.6) is 0 Å². The van der Waals surface area contributed by atoms with Crippen LogP contribution in [-0.2, 0) is 20.9 Å². The van der Waals surface area contributed by atoms with Gasteiger partial charge in [0.25, 0.3) is 11.8 Å². The first-order valence-electron chi connectivity index (χ1n) is 10.7. The van der Waals surface area contributed by atoms with Crippen molar-refractivity contribution >= 4 is 51.3 Å². The number of hydrogen-bond acceptors (Lipinski definition) is 6. The number of imide groups is 1. The summed E-state index contributed by atoms with van der Waals surface area (Å²) in [6.07, 6.45) is -0.708. The van der Waals surface area contributed by atoms with Gasteiger partial charge in [-0.1, -0.05) is 34.1 Å². The molecule has 0 radical (unpaired) electrons. The molecule has 0 aliphatic carbocycles. The maximum atomic E-state index is 12.6. The van der Waals surface area contributed by atoms with Crippen LogP contribution in [0.4, 0.5) is 10.5 Å². The summed E-state index contributed by atoms with van der Waals surface area (Å²) in [5, 5.41) is 7.70. The van der Waals surface area contributed by atoms with Gasteiger partial charge in [0.15, 0.2) is 0 Å². The van der Waals surface area contributed by atoms with Crippen molar-refractivity contribution in [3.63, 3.8) is 0 Å². The molecule has 0 aromatic heterocycles. The molecule has 0 atom stereocenters. The van der Waals surface area contributed by atoms with Crippen LogP contribution >= 0.6 is 15.9 Å². The summed E-state index contributed by atoms with van der Waals surface area (Å²) >= 11 is 3.27. The third-order valence-corrected chi connectivity index (χ3v) is 5.29. The predicted molar refractivity (Wildman–Crippen MR) is 131 cm³/mol. The van der Waals surface area contributed by atoms with Crippen LogP contribution < -0.4 is 16.0 Å². The van der Waals surface area contributed by atoms with E-state index < -0.39 is 41.9 Å². The Morgan fingerprint density at radius 3 is 2.34 bits per heavy atom. The fourth-order valence-electron chi connectivity index (χ4n) is 3.26. The van der Waals surface area contributed by atoms with Gasteiger partial charge in [-0.3, -0.25) is 24.1 Å². The molecule has 35 heavy (non-hydrogen) atoms. The zero-order valence-electron chi connectivity index (χ0n) is 19.4. The summed E-state index contributed by atoms with van der Waals surface area (Å²) in [6, 6.07) is 11.5. The minimum absolute atomic E-state index is 0.0757. The topological polar surface area (TPSA) is 134 Å². The first-order chi connectivity index (χ1) is 16.4. The summed E-state index contributed by atoms with van der Waals surface area (Å²) in [6.45, 7) is 4.48. The van der Waals surface area contributed by atoms with Gasteiger partial charge in [0.05, 0.1) is 11.1 Å². The standard InChI is InChI=1S/C24H25BrN4O6/c1-24(2,3)35-23(34)27-12-19(30)26-11-14-6-4-5-7-18(14)28-20(31)13-29-21(32)16-9-8-15(25)10-17(16)22(29)33/h4-10H,11-13H2,1-3H3,(H,26,30)(H,27,34)(H,28,31). The number of carbonyl (C=O) groups is 5. The number of amides is 5. The van der Waals surface area contributed by atoms with E-state index in [1.165, 1.54) is 6.07 Å². The molecule has 3 N–H and O–H groups in total. The quantitative estimate of drug-likeness (QED) is 0.459. The highest BCUT2D eigenvalue weighted by Gasteiger charge is 2.36. The van der Waals surface area contributed by atoms with Gasteiger partial charge in [-0.05, 0) is 50.6 Å². The lowest BCUT2D eigenvalue weighted by atomic mass is 10.1. The van der Waals surface area contributed by atoms with E-state index in [0.717, 1.165) is 4.90 Å². The zero-order chi connectivity index (χ0) is 25.8. The molecule has 0 saturated carbocycles. The van der Waals surface area contributed by atoms with Crippen molar-refractivity contribution in [2.24, 2.45) is 0 Å². The second kappa shape index (κ2) is 10.7. The van der Waals surface area contributed by atoms with Gasteiger partial charge < -0.3 is 20.7 Å². The average molecular weight is 545 g/mol. The number of fused-ring (bicyclic) bond motifs is 1. The minimum atomic E-state index is -0.708. The van der Waals surface area contributed by atoms with Crippen LogP contribution in [0.3, 0.4) is 0 Å². The van der Waals surface area contributed by atoms with Crippen molar-refractivity contribution in [2.45, 2.75) is 32.9 Å². The van der Waals surface area contributed by atoms with Crippen LogP contribution in [0.1, 0.15) is 47.1 Å². The highest BCUT2D eigenvalue weighted by Crippen LogP contribution is 2.26. The van der Waals surface area contributed by atoms with Crippen LogP contribution in [0.15, 0.2) is 46.9 Å². The lowest BCUT2D eigenvalue weighted by molar-refractivity contribution is -0.120. The Balaban J connectivity index is 1.55. The molecule has 11 heteroatoms. The number of carbonyl (C=O) groups excluding carboxylic acids is 5. The molecule has 1 aliphatic rings. The number of benzene rings is 2. The van der Waals surface area contributed by atoms with Gasteiger partial charge in [0, 0.05) is 16.7 Å². The van der Waals surface area contributed by atoms with E-state index in [-0.39, 0.29) is 24.2 Å². The predicted octanol–water partition coefficient (Wildman–Crippen LogP) is 2.82. The maximum absolute atomic E-state index is 12.6. The Hall–Kier alpha value is -3.73. The van der Waals surface area contributed by atoms with Gasteiger partial charge in [0.2, 0.25) is 11.8 Å². The van der Waals surface area contributed by atoms with Crippen LogP contribution in [0, 0.1) is 0 Å². The summed E-state index contributed by atoms with van der Waals surface area (Å²) in [4.78, 5) is 62.5. The minimum Gasteiger partial charge on any atom is -0.444 e. The number of hydrogen-bond donors (Lipinski definition) is 3. The molecule has 2 aromatic carbocycles. The third kappa shape index (κ3) is 6.89. The van der Waals surface area contributed by atoms with Gasteiger partial charge in [-0.15, -0.1) is 0 Å². The number of halogens is 1. The Morgan fingerprint density at radius 1 is 0.943 bits per heavy atom.